The lowest BCUT2D eigenvalue weighted by Crippen LogP contribution is -2.13. The molecule has 136 valence electrons. The number of H-pyrrole nitrogens is 1. The number of hydrogen-bond donors (Lipinski definition) is 2. The molecule has 0 atom stereocenters. The summed E-state index contributed by atoms with van der Waals surface area (Å²) in [4.78, 5) is 3.50. The van der Waals surface area contributed by atoms with Crippen LogP contribution < -0.4 is 9.46 Å². The molecule has 1 aromatic heterocycles. The molecule has 3 aromatic carbocycles. The van der Waals surface area contributed by atoms with Crippen molar-refractivity contribution in [3.8, 4) is 17.0 Å². The molecule has 27 heavy (non-hydrogen) atoms. The van der Waals surface area contributed by atoms with Gasteiger partial charge in [-0.2, -0.15) is 0 Å². The summed E-state index contributed by atoms with van der Waals surface area (Å²) in [7, 11) is -2.17. The first-order valence-corrected chi connectivity index (χ1v) is 9.89. The number of nitrogens with one attached hydrogen (secondary N) is 2. The van der Waals surface area contributed by atoms with Gasteiger partial charge in [0, 0.05) is 11.1 Å². The molecule has 0 amide bonds. The number of hydrogen-bond acceptors (Lipinski definition) is 3. The smallest absolute Gasteiger partial charge is 0.261 e. The molecule has 4 aromatic rings. The normalized spacial score (nSPS) is 11.4. The predicted octanol–water partition coefficient (Wildman–Crippen LogP) is 4.64. The van der Waals surface area contributed by atoms with Gasteiger partial charge in [0.25, 0.3) is 10.0 Å². The lowest BCUT2D eigenvalue weighted by Gasteiger charge is -2.09. The van der Waals surface area contributed by atoms with Crippen LogP contribution in [0.2, 0.25) is 0 Å². The molecule has 0 saturated carbocycles. The van der Waals surface area contributed by atoms with E-state index in [1.807, 2.05) is 48.5 Å². The van der Waals surface area contributed by atoms with Crippen molar-refractivity contribution in [2.45, 2.75) is 4.90 Å². The minimum Gasteiger partial charge on any atom is -0.497 e. The van der Waals surface area contributed by atoms with Gasteiger partial charge in [-0.1, -0.05) is 42.5 Å². The fraction of sp³-hybridized carbons (Fsp3) is 0.0476. The van der Waals surface area contributed by atoms with E-state index in [2.05, 4.69) is 9.71 Å². The van der Waals surface area contributed by atoms with Gasteiger partial charge < -0.3 is 9.72 Å². The van der Waals surface area contributed by atoms with Crippen LogP contribution in [0.3, 0.4) is 0 Å². The number of anilines is 1. The Labute approximate surface area is 157 Å². The van der Waals surface area contributed by atoms with Gasteiger partial charge >= 0.3 is 0 Å². The van der Waals surface area contributed by atoms with Crippen LogP contribution >= 0.6 is 0 Å². The average Bonchev–Trinajstić information content (AvgIpc) is 3.14. The molecule has 0 radical (unpaired) electrons. The molecule has 0 aliphatic carbocycles. The van der Waals surface area contributed by atoms with Crippen LogP contribution in [0.15, 0.2) is 83.8 Å². The van der Waals surface area contributed by atoms with Crippen molar-refractivity contribution in [2.24, 2.45) is 0 Å². The van der Waals surface area contributed by atoms with E-state index >= 15 is 0 Å². The zero-order valence-corrected chi connectivity index (χ0v) is 15.5. The van der Waals surface area contributed by atoms with Gasteiger partial charge in [0.05, 0.1) is 23.2 Å². The number of fused-ring (bicyclic) bond motifs is 1. The molecule has 0 aliphatic rings. The fourth-order valence-corrected chi connectivity index (χ4v) is 4.04. The van der Waals surface area contributed by atoms with E-state index in [1.54, 1.807) is 18.2 Å². The third-order valence-corrected chi connectivity index (χ3v) is 5.74. The molecule has 0 unspecified atom stereocenters. The molecule has 4 rings (SSSR count). The number of benzene rings is 3. The van der Waals surface area contributed by atoms with Crippen LogP contribution in [0, 0.1) is 0 Å². The van der Waals surface area contributed by atoms with Gasteiger partial charge in [-0.05, 0) is 42.0 Å². The first kappa shape index (κ1) is 17.2. The Morgan fingerprint density at radius 2 is 1.63 bits per heavy atom. The molecule has 0 fully saturated rings. The van der Waals surface area contributed by atoms with Crippen molar-refractivity contribution in [3.05, 3.63) is 78.9 Å². The van der Waals surface area contributed by atoms with Crippen molar-refractivity contribution in [3.63, 3.8) is 0 Å². The van der Waals surface area contributed by atoms with Gasteiger partial charge in [0.15, 0.2) is 0 Å². The third kappa shape index (κ3) is 3.39. The summed E-state index contributed by atoms with van der Waals surface area (Å²) < 4.78 is 33.3. The first-order chi connectivity index (χ1) is 13.1. The number of para-hydroxylation sites is 1. The number of aromatic nitrogens is 1. The van der Waals surface area contributed by atoms with E-state index in [4.69, 9.17) is 4.74 Å². The summed E-state index contributed by atoms with van der Waals surface area (Å²) >= 11 is 0. The SMILES string of the molecule is COc1ccc(S(=O)(=O)Nc2cccc3cc(-c4ccccc4)[nH]c23)cc1. The first-order valence-electron chi connectivity index (χ1n) is 8.41. The number of aromatic amines is 1. The van der Waals surface area contributed by atoms with Crippen LogP contribution in [-0.4, -0.2) is 20.5 Å². The number of sulfonamides is 1. The molecule has 2 N–H and O–H groups in total. The predicted molar refractivity (Wildman–Crippen MR) is 108 cm³/mol. The van der Waals surface area contributed by atoms with Gasteiger partial charge in [0.1, 0.15) is 5.75 Å². The summed E-state index contributed by atoms with van der Waals surface area (Å²) in [6.45, 7) is 0. The Balaban J connectivity index is 1.72. The maximum atomic E-state index is 12.8. The highest BCUT2D eigenvalue weighted by molar-refractivity contribution is 7.92. The molecular weight excluding hydrogens is 360 g/mol. The minimum atomic E-state index is -3.71. The van der Waals surface area contributed by atoms with Gasteiger partial charge in [0.2, 0.25) is 0 Å². The molecule has 5 nitrogen and oxygen atoms in total. The average molecular weight is 378 g/mol. The Morgan fingerprint density at radius 3 is 2.33 bits per heavy atom. The van der Waals surface area contributed by atoms with E-state index in [0.717, 1.165) is 22.2 Å². The molecule has 0 aliphatic heterocycles. The highest BCUT2D eigenvalue weighted by Crippen LogP contribution is 2.30. The summed E-state index contributed by atoms with van der Waals surface area (Å²) in [6, 6.07) is 23.7. The monoisotopic (exact) mass is 378 g/mol. The van der Waals surface area contributed by atoms with Crippen molar-refractivity contribution >= 4 is 26.6 Å². The standard InChI is InChI=1S/C21H18N2O3S/c1-26-17-10-12-18(13-11-17)27(24,25)23-19-9-5-8-16-14-20(22-21(16)19)15-6-3-2-4-7-15/h2-14,22-23H,1H3. The van der Waals surface area contributed by atoms with Crippen LogP contribution in [0.1, 0.15) is 0 Å². The van der Waals surface area contributed by atoms with Crippen LogP contribution in [-0.2, 0) is 10.0 Å². The topological polar surface area (TPSA) is 71.2 Å². The van der Waals surface area contributed by atoms with E-state index < -0.39 is 10.0 Å². The Hall–Kier alpha value is -3.25. The number of rotatable bonds is 5. The lowest BCUT2D eigenvalue weighted by atomic mass is 10.1. The molecule has 0 spiro atoms. The van der Waals surface area contributed by atoms with Crippen molar-refractivity contribution in [1.29, 1.82) is 0 Å². The second kappa shape index (κ2) is 6.81. The number of ether oxygens (including phenoxy) is 1. The van der Waals surface area contributed by atoms with Gasteiger partial charge in [-0.3, -0.25) is 4.72 Å². The van der Waals surface area contributed by atoms with Crippen molar-refractivity contribution < 1.29 is 13.2 Å². The van der Waals surface area contributed by atoms with Crippen molar-refractivity contribution in [1.82, 2.24) is 4.98 Å². The van der Waals surface area contributed by atoms with Crippen LogP contribution in [0.4, 0.5) is 5.69 Å². The minimum absolute atomic E-state index is 0.176. The maximum Gasteiger partial charge on any atom is 0.261 e. The highest BCUT2D eigenvalue weighted by atomic mass is 32.2. The molecule has 0 bridgehead atoms. The Bertz CT molecular complexity index is 1180. The van der Waals surface area contributed by atoms with E-state index in [9.17, 15) is 8.42 Å². The second-order valence-electron chi connectivity index (χ2n) is 6.10. The quantitative estimate of drug-likeness (QED) is 0.531. The van der Waals surface area contributed by atoms with Crippen molar-refractivity contribution in [2.75, 3.05) is 11.8 Å². The fourth-order valence-electron chi connectivity index (χ4n) is 2.97. The van der Waals surface area contributed by atoms with Gasteiger partial charge in [-0.15, -0.1) is 0 Å². The molecule has 6 heteroatoms. The summed E-state index contributed by atoms with van der Waals surface area (Å²) in [6.07, 6.45) is 0. The summed E-state index contributed by atoms with van der Waals surface area (Å²) in [5.74, 6) is 0.605. The maximum absolute atomic E-state index is 12.8. The molecular formula is C21H18N2O3S. The van der Waals surface area contributed by atoms with E-state index in [0.29, 0.717) is 11.4 Å². The van der Waals surface area contributed by atoms with E-state index in [1.165, 1.54) is 19.2 Å². The third-order valence-electron chi connectivity index (χ3n) is 4.36. The Kier molecular flexibility index (Phi) is 4.33. The molecule has 1 heterocycles. The molecule has 0 saturated heterocycles. The highest BCUT2D eigenvalue weighted by Gasteiger charge is 2.16. The van der Waals surface area contributed by atoms with Crippen LogP contribution in [0.25, 0.3) is 22.2 Å². The largest absolute Gasteiger partial charge is 0.497 e. The van der Waals surface area contributed by atoms with E-state index in [-0.39, 0.29) is 4.90 Å². The second-order valence-corrected chi connectivity index (χ2v) is 7.78. The van der Waals surface area contributed by atoms with Gasteiger partial charge in [-0.25, -0.2) is 8.42 Å². The van der Waals surface area contributed by atoms with Crippen LogP contribution in [0.5, 0.6) is 5.75 Å². The number of methoxy groups -OCH3 is 1. The zero-order valence-electron chi connectivity index (χ0n) is 14.6. The Morgan fingerprint density at radius 1 is 0.889 bits per heavy atom. The summed E-state index contributed by atoms with van der Waals surface area (Å²) in [5, 5.41) is 0.934. The zero-order chi connectivity index (χ0) is 18.9. The lowest BCUT2D eigenvalue weighted by molar-refractivity contribution is 0.414. The summed E-state index contributed by atoms with van der Waals surface area (Å²) in [5.41, 5.74) is 3.22.